The van der Waals surface area contributed by atoms with E-state index in [0.717, 1.165) is 62.6 Å². The lowest BCUT2D eigenvalue weighted by atomic mass is 9.52. The van der Waals surface area contributed by atoms with E-state index in [4.69, 9.17) is 21.3 Å². The first-order chi connectivity index (χ1) is 21.8. The number of aryl methyl sites for hydroxylation is 2. The van der Waals surface area contributed by atoms with Crippen molar-refractivity contribution in [1.29, 1.82) is 0 Å². The van der Waals surface area contributed by atoms with E-state index in [9.17, 15) is 23.5 Å². The van der Waals surface area contributed by atoms with Crippen molar-refractivity contribution in [1.82, 2.24) is 19.8 Å². The van der Waals surface area contributed by atoms with Crippen LogP contribution in [0.5, 0.6) is 0 Å². The number of nitrogens with one attached hydrogen (secondary N) is 1. The summed E-state index contributed by atoms with van der Waals surface area (Å²) in [6.07, 6.45) is 7.68. The van der Waals surface area contributed by atoms with Gasteiger partial charge >= 0.3 is 5.97 Å². The van der Waals surface area contributed by atoms with E-state index in [1.165, 1.54) is 0 Å². The van der Waals surface area contributed by atoms with Gasteiger partial charge in [0.2, 0.25) is 5.92 Å². The van der Waals surface area contributed by atoms with Gasteiger partial charge in [0.05, 0.1) is 30.9 Å². The third-order valence-electron chi connectivity index (χ3n) is 12.5. The van der Waals surface area contributed by atoms with Gasteiger partial charge in [0, 0.05) is 59.0 Å². The number of alkyl halides is 3. The number of nitrogens with zero attached hydrogens (tertiary/aromatic N) is 3. The second-order valence-electron chi connectivity index (χ2n) is 15.6. The molecule has 46 heavy (non-hydrogen) atoms. The van der Waals surface area contributed by atoms with Crippen molar-refractivity contribution in [3.63, 3.8) is 0 Å². The summed E-state index contributed by atoms with van der Waals surface area (Å²) in [6.45, 7) is 4.90. The van der Waals surface area contributed by atoms with E-state index >= 15 is 0 Å². The number of piperidine rings is 1. The van der Waals surface area contributed by atoms with Gasteiger partial charge in [0.15, 0.2) is 0 Å². The zero-order valence-corrected chi connectivity index (χ0v) is 28.8. The number of carboxylic acid groups (broad SMARTS) is 1. The molecule has 1 spiro atoms. The Balaban J connectivity index is 0.996. The topological polar surface area (TPSA) is 96.7 Å². The fraction of sp³-hybridized carbons (Fsp3) is 0.853. The zero-order chi connectivity index (χ0) is 32.5. The lowest BCUT2D eigenvalue weighted by molar-refractivity contribution is -0.210. The minimum absolute atomic E-state index is 0.0195. The molecule has 9 unspecified atom stereocenters. The number of thioether (sulfide) groups is 1. The Kier molecular flexibility index (Phi) is 9.08. The molecule has 2 aliphatic heterocycles. The Labute approximate surface area is 279 Å². The highest BCUT2D eigenvalue weighted by molar-refractivity contribution is 8.00. The van der Waals surface area contributed by atoms with E-state index in [1.807, 2.05) is 6.92 Å². The molecule has 2 saturated heterocycles. The number of carbonyl (C=O) groups is 1. The van der Waals surface area contributed by atoms with Crippen molar-refractivity contribution < 1.29 is 23.4 Å². The number of carboxylic acids is 1. The maximum Gasteiger partial charge on any atom is 0.308 e. The number of aliphatic carboxylic acids is 1. The first kappa shape index (κ1) is 33.2. The van der Waals surface area contributed by atoms with Crippen LogP contribution >= 0.6 is 23.4 Å². The summed E-state index contributed by atoms with van der Waals surface area (Å²) >= 11 is 8.53. The molecule has 0 aromatic carbocycles. The second kappa shape index (κ2) is 12.6. The molecule has 6 aliphatic rings. The SMILES string of the molecule is Cc1nc2c(c(=O)n1CCOC1CCC(Cl)CC1C1CC(C)NC3C(C(=O)O)CSC13)CC(N(C)C1CC3(C1)CC(F)(F)C3)CC2. The summed E-state index contributed by atoms with van der Waals surface area (Å²) in [5.74, 6) is -1.65. The van der Waals surface area contributed by atoms with Gasteiger partial charge in [0.1, 0.15) is 5.82 Å². The summed E-state index contributed by atoms with van der Waals surface area (Å²) in [6, 6.07) is 0.728. The maximum atomic E-state index is 13.9. The monoisotopic (exact) mass is 682 g/mol. The molecule has 256 valence electrons. The minimum atomic E-state index is -2.48. The van der Waals surface area contributed by atoms with Gasteiger partial charge in [0.25, 0.3) is 5.56 Å². The Bertz CT molecular complexity index is 1380. The molecule has 2 N–H and O–H groups in total. The lowest BCUT2D eigenvalue weighted by Crippen LogP contribution is -2.61. The number of halogens is 3. The second-order valence-corrected chi connectivity index (χ2v) is 17.4. The van der Waals surface area contributed by atoms with Gasteiger partial charge < -0.3 is 20.1 Å². The number of hydrogen-bond donors (Lipinski definition) is 2. The van der Waals surface area contributed by atoms with Crippen molar-refractivity contribution in [3.05, 3.63) is 27.4 Å². The molecule has 1 aromatic heterocycles. The Morgan fingerprint density at radius 3 is 2.67 bits per heavy atom. The third kappa shape index (κ3) is 6.18. The number of likely N-dealkylation sites (N-methyl/N-ethyl adjacent to an activating group) is 1. The van der Waals surface area contributed by atoms with E-state index < -0.39 is 11.9 Å². The van der Waals surface area contributed by atoms with Crippen LogP contribution in [-0.2, 0) is 28.9 Å². The molecular weight excluding hydrogens is 634 g/mol. The summed E-state index contributed by atoms with van der Waals surface area (Å²) in [7, 11) is 2.10. The molecule has 1 aromatic rings. The smallest absolute Gasteiger partial charge is 0.308 e. The number of hydrogen-bond acceptors (Lipinski definition) is 7. The molecule has 3 heterocycles. The van der Waals surface area contributed by atoms with Crippen LogP contribution in [0.1, 0.15) is 81.8 Å². The fourth-order valence-electron chi connectivity index (χ4n) is 10.2. The van der Waals surface area contributed by atoms with Crippen molar-refractivity contribution in [2.45, 2.75) is 138 Å². The molecule has 8 nitrogen and oxygen atoms in total. The average molecular weight is 683 g/mol. The lowest BCUT2D eigenvalue weighted by Gasteiger charge is -2.60. The van der Waals surface area contributed by atoms with Crippen LogP contribution in [0.4, 0.5) is 8.78 Å². The van der Waals surface area contributed by atoms with E-state index in [-0.39, 0.29) is 70.5 Å². The predicted molar refractivity (Wildman–Crippen MR) is 175 cm³/mol. The van der Waals surface area contributed by atoms with Crippen molar-refractivity contribution in [3.8, 4) is 0 Å². The van der Waals surface area contributed by atoms with Crippen LogP contribution in [0.2, 0.25) is 0 Å². The molecule has 3 saturated carbocycles. The Hall–Kier alpha value is -1.27. The normalized spacial score (nSPS) is 38.2. The van der Waals surface area contributed by atoms with Gasteiger partial charge in [-0.2, -0.15) is 11.8 Å². The quantitative estimate of drug-likeness (QED) is 0.374. The average Bonchev–Trinajstić information content (AvgIpc) is 3.40. The minimum Gasteiger partial charge on any atom is -0.481 e. The van der Waals surface area contributed by atoms with Gasteiger partial charge in [-0.25, -0.2) is 13.8 Å². The number of rotatable bonds is 8. The summed E-state index contributed by atoms with van der Waals surface area (Å²) in [4.78, 5) is 33.1. The molecule has 0 radical (unpaired) electrons. The van der Waals surface area contributed by atoms with Crippen LogP contribution in [0.3, 0.4) is 0 Å². The zero-order valence-electron chi connectivity index (χ0n) is 27.2. The highest BCUT2D eigenvalue weighted by atomic mass is 35.5. The van der Waals surface area contributed by atoms with Crippen LogP contribution in [0.25, 0.3) is 0 Å². The van der Waals surface area contributed by atoms with Crippen LogP contribution in [0, 0.1) is 30.1 Å². The Morgan fingerprint density at radius 2 is 1.96 bits per heavy atom. The van der Waals surface area contributed by atoms with Gasteiger partial charge in [-0.3, -0.25) is 14.2 Å². The van der Waals surface area contributed by atoms with Crippen molar-refractivity contribution in [2.24, 2.45) is 23.2 Å². The maximum absolute atomic E-state index is 13.9. The molecule has 0 bridgehead atoms. The first-order valence-electron chi connectivity index (χ1n) is 17.4. The molecule has 7 rings (SSSR count). The molecule has 0 amide bonds. The standard InChI is InChI=1S/C34H49ClF2N4O4S/c1-18-10-24(30-29(38-18)26(15-46-30)32(43)44)23-11-20(35)4-7-28(23)45-9-8-41-19(2)39-27-6-5-21(12-25(27)31(41)42)40(3)22-13-33(14-22)16-34(36,37)17-33/h18,20-24,26,28-30,38H,4-17H2,1-3H3,(H,43,44). The molecular formula is C34H49ClF2N4O4S. The van der Waals surface area contributed by atoms with Crippen molar-refractivity contribution in [2.75, 3.05) is 19.4 Å². The van der Waals surface area contributed by atoms with Gasteiger partial charge in [-0.05, 0) is 95.9 Å². The summed E-state index contributed by atoms with van der Waals surface area (Å²) in [5.41, 5.74) is 1.55. The first-order valence-corrected chi connectivity index (χ1v) is 18.9. The molecule has 12 heteroatoms. The number of ether oxygens (including phenoxy) is 1. The number of fused-ring (bicyclic) bond motifs is 2. The molecule has 9 atom stereocenters. The largest absolute Gasteiger partial charge is 0.481 e. The highest BCUT2D eigenvalue weighted by Crippen LogP contribution is 2.63. The van der Waals surface area contributed by atoms with Crippen LogP contribution < -0.4 is 10.9 Å². The predicted octanol–water partition coefficient (Wildman–Crippen LogP) is 4.89. The molecule has 4 aliphatic carbocycles. The van der Waals surface area contributed by atoms with E-state index in [1.54, 1.807) is 16.3 Å². The molecule has 5 fully saturated rings. The van der Waals surface area contributed by atoms with Crippen molar-refractivity contribution >= 4 is 29.3 Å². The van der Waals surface area contributed by atoms with Crippen LogP contribution in [0.15, 0.2) is 4.79 Å². The van der Waals surface area contributed by atoms with Gasteiger partial charge in [-0.1, -0.05) is 0 Å². The number of aromatic nitrogens is 2. The highest BCUT2D eigenvalue weighted by Gasteiger charge is 2.62. The summed E-state index contributed by atoms with van der Waals surface area (Å²) < 4.78 is 35.5. The van der Waals surface area contributed by atoms with E-state index in [2.05, 4.69) is 24.2 Å². The van der Waals surface area contributed by atoms with Gasteiger partial charge in [-0.15, -0.1) is 11.6 Å². The van der Waals surface area contributed by atoms with Crippen LogP contribution in [-0.4, -0.2) is 91.8 Å². The fourth-order valence-corrected chi connectivity index (χ4v) is 12.3. The Morgan fingerprint density at radius 1 is 1.20 bits per heavy atom. The summed E-state index contributed by atoms with van der Waals surface area (Å²) in [5, 5.41) is 13.8. The van der Waals surface area contributed by atoms with E-state index in [0.29, 0.717) is 43.1 Å². The third-order valence-corrected chi connectivity index (χ3v) is 14.5.